The average Bonchev–Trinajstić information content (AvgIpc) is 3.31. The molecule has 2 aromatic heterocycles. The van der Waals surface area contributed by atoms with Crippen LogP contribution in [-0.2, 0) is 11.2 Å². The molecule has 0 unspecified atom stereocenters. The summed E-state index contributed by atoms with van der Waals surface area (Å²) >= 11 is 0. The fourth-order valence-electron chi connectivity index (χ4n) is 3.95. The number of benzene rings is 2. The standard InChI is InChI=1S/C24H25N3O3/c1-15-24(16(2)30-26-15)27(3)22(28)14-13-20-19-7-5-6-8-21(19)25-23(20)17-9-11-18(29-4)12-10-17/h5-12,25H,13-14H2,1-4H3. The van der Waals surface area contributed by atoms with Gasteiger partial charge in [0.2, 0.25) is 5.91 Å². The molecule has 0 aliphatic carbocycles. The van der Waals surface area contributed by atoms with Crippen molar-refractivity contribution in [2.45, 2.75) is 26.7 Å². The van der Waals surface area contributed by atoms with Gasteiger partial charge < -0.3 is 19.1 Å². The molecule has 0 saturated heterocycles. The molecular formula is C24H25N3O3. The number of carbonyl (C=O) groups excluding carboxylic acids is 1. The third-order valence-electron chi connectivity index (χ3n) is 5.49. The van der Waals surface area contributed by atoms with Crippen LogP contribution in [0.2, 0.25) is 0 Å². The molecule has 0 atom stereocenters. The fraction of sp³-hybridized carbons (Fsp3) is 0.250. The number of ether oxygens (including phenoxy) is 1. The van der Waals surface area contributed by atoms with E-state index in [1.165, 1.54) is 0 Å². The minimum Gasteiger partial charge on any atom is -0.497 e. The zero-order valence-electron chi connectivity index (χ0n) is 17.7. The molecule has 0 saturated carbocycles. The lowest BCUT2D eigenvalue weighted by atomic mass is 10.0. The van der Waals surface area contributed by atoms with Gasteiger partial charge in [-0.3, -0.25) is 4.79 Å². The van der Waals surface area contributed by atoms with E-state index >= 15 is 0 Å². The Morgan fingerprint density at radius 3 is 2.53 bits per heavy atom. The number of hydrogen-bond acceptors (Lipinski definition) is 4. The number of nitrogens with zero attached hydrogens (tertiary/aromatic N) is 2. The average molecular weight is 403 g/mol. The minimum atomic E-state index is 0.0235. The Labute approximate surface area is 175 Å². The largest absolute Gasteiger partial charge is 0.497 e. The molecule has 6 nitrogen and oxygen atoms in total. The molecule has 4 aromatic rings. The third kappa shape index (κ3) is 3.56. The Balaban J connectivity index is 1.64. The van der Waals surface area contributed by atoms with Crippen molar-refractivity contribution in [2.75, 3.05) is 19.1 Å². The van der Waals surface area contributed by atoms with E-state index in [1.807, 2.05) is 50.2 Å². The van der Waals surface area contributed by atoms with E-state index < -0.39 is 0 Å². The number of fused-ring (bicyclic) bond motifs is 1. The summed E-state index contributed by atoms with van der Waals surface area (Å²) in [4.78, 5) is 18.1. The summed E-state index contributed by atoms with van der Waals surface area (Å²) in [7, 11) is 3.43. The number of para-hydroxylation sites is 1. The van der Waals surface area contributed by atoms with E-state index in [0.717, 1.165) is 44.9 Å². The molecule has 1 N–H and O–H groups in total. The highest BCUT2D eigenvalue weighted by Crippen LogP contribution is 2.32. The van der Waals surface area contributed by atoms with Crippen LogP contribution in [0.5, 0.6) is 5.75 Å². The van der Waals surface area contributed by atoms with E-state index in [9.17, 15) is 4.79 Å². The summed E-state index contributed by atoms with van der Waals surface area (Å²) in [6.45, 7) is 3.66. The van der Waals surface area contributed by atoms with Crippen molar-refractivity contribution in [1.82, 2.24) is 10.1 Å². The number of nitrogens with one attached hydrogen (secondary N) is 1. The van der Waals surface area contributed by atoms with Crippen LogP contribution in [0.3, 0.4) is 0 Å². The van der Waals surface area contributed by atoms with E-state index in [4.69, 9.17) is 9.26 Å². The van der Waals surface area contributed by atoms with Crippen molar-refractivity contribution < 1.29 is 14.1 Å². The zero-order valence-corrected chi connectivity index (χ0v) is 17.7. The highest BCUT2D eigenvalue weighted by atomic mass is 16.5. The van der Waals surface area contributed by atoms with Crippen LogP contribution < -0.4 is 9.64 Å². The summed E-state index contributed by atoms with van der Waals surface area (Å²) in [6, 6.07) is 16.1. The molecule has 30 heavy (non-hydrogen) atoms. The first-order valence-corrected chi connectivity index (χ1v) is 9.93. The Hall–Kier alpha value is -3.54. The molecule has 0 radical (unpaired) electrons. The van der Waals surface area contributed by atoms with Crippen molar-refractivity contribution in [3.63, 3.8) is 0 Å². The zero-order chi connectivity index (χ0) is 21.3. The first kappa shape index (κ1) is 19.8. The molecule has 0 fully saturated rings. The van der Waals surface area contributed by atoms with E-state index in [1.54, 1.807) is 19.1 Å². The summed E-state index contributed by atoms with van der Waals surface area (Å²) in [6.07, 6.45) is 1.00. The maximum Gasteiger partial charge on any atom is 0.227 e. The predicted molar refractivity (Wildman–Crippen MR) is 118 cm³/mol. The lowest BCUT2D eigenvalue weighted by molar-refractivity contribution is -0.118. The van der Waals surface area contributed by atoms with Gasteiger partial charge in [-0.15, -0.1) is 0 Å². The van der Waals surface area contributed by atoms with Crippen LogP contribution in [0, 0.1) is 13.8 Å². The molecule has 6 heteroatoms. The predicted octanol–water partition coefficient (Wildman–Crippen LogP) is 5.04. The number of amides is 1. The van der Waals surface area contributed by atoms with Gasteiger partial charge in [-0.2, -0.15) is 0 Å². The van der Waals surface area contributed by atoms with Gasteiger partial charge in [0.1, 0.15) is 17.1 Å². The second kappa shape index (κ2) is 8.06. The molecule has 0 aliphatic rings. The number of aryl methyl sites for hydroxylation is 3. The molecule has 1 amide bonds. The second-order valence-electron chi connectivity index (χ2n) is 7.38. The number of rotatable bonds is 6. The molecule has 0 spiro atoms. The summed E-state index contributed by atoms with van der Waals surface area (Å²) in [5.41, 5.74) is 5.75. The maximum absolute atomic E-state index is 12.9. The molecule has 0 aliphatic heterocycles. The minimum absolute atomic E-state index is 0.0235. The number of aromatic amines is 1. The number of hydrogen-bond donors (Lipinski definition) is 1. The van der Waals surface area contributed by atoms with Crippen molar-refractivity contribution in [2.24, 2.45) is 0 Å². The monoisotopic (exact) mass is 403 g/mol. The number of aromatic nitrogens is 2. The van der Waals surface area contributed by atoms with Gasteiger partial charge in [0.15, 0.2) is 5.76 Å². The SMILES string of the molecule is COc1ccc(-c2[nH]c3ccccc3c2CCC(=O)N(C)c2c(C)noc2C)cc1. The number of methoxy groups -OCH3 is 1. The van der Waals surface area contributed by atoms with Crippen LogP contribution in [0.15, 0.2) is 53.1 Å². The van der Waals surface area contributed by atoms with Crippen LogP contribution in [0.4, 0.5) is 5.69 Å². The lowest BCUT2D eigenvalue weighted by Gasteiger charge is -2.17. The highest BCUT2D eigenvalue weighted by Gasteiger charge is 2.21. The third-order valence-corrected chi connectivity index (χ3v) is 5.49. The molecule has 2 heterocycles. The van der Waals surface area contributed by atoms with Crippen molar-refractivity contribution in [3.8, 4) is 17.0 Å². The van der Waals surface area contributed by atoms with E-state index in [2.05, 4.69) is 22.3 Å². The number of H-pyrrole nitrogens is 1. The molecule has 4 rings (SSSR count). The normalized spacial score (nSPS) is 11.1. The molecule has 0 bridgehead atoms. The molecule has 154 valence electrons. The van der Waals surface area contributed by atoms with E-state index in [0.29, 0.717) is 18.6 Å². The summed E-state index contributed by atoms with van der Waals surface area (Å²) in [5, 5.41) is 5.09. The number of carbonyl (C=O) groups is 1. The van der Waals surface area contributed by atoms with Crippen molar-refractivity contribution in [1.29, 1.82) is 0 Å². The smallest absolute Gasteiger partial charge is 0.227 e. The molecular weight excluding hydrogens is 378 g/mol. The van der Waals surface area contributed by atoms with Crippen LogP contribution in [-0.4, -0.2) is 30.2 Å². The Morgan fingerprint density at radius 1 is 1.13 bits per heavy atom. The van der Waals surface area contributed by atoms with Crippen LogP contribution >= 0.6 is 0 Å². The second-order valence-corrected chi connectivity index (χ2v) is 7.38. The lowest BCUT2D eigenvalue weighted by Crippen LogP contribution is -2.27. The topological polar surface area (TPSA) is 71.4 Å². The number of anilines is 1. The summed E-state index contributed by atoms with van der Waals surface area (Å²) in [5.74, 6) is 1.48. The first-order chi connectivity index (χ1) is 14.5. The van der Waals surface area contributed by atoms with Gasteiger partial charge in [-0.25, -0.2) is 0 Å². The summed E-state index contributed by atoms with van der Waals surface area (Å²) < 4.78 is 10.5. The Bertz CT molecular complexity index is 1170. The maximum atomic E-state index is 12.9. The highest BCUT2D eigenvalue weighted by molar-refractivity contribution is 5.95. The van der Waals surface area contributed by atoms with Crippen LogP contribution in [0.25, 0.3) is 22.2 Å². The van der Waals surface area contributed by atoms with Gasteiger partial charge in [0, 0.05) is 30.1 Å². The van der Waals surface area contributed by atoms with Gasteiger partial charge in [-0.1, -0.05) is 23.4 Å². The van der Waals surface area contributed by atoms with Crippen molar-refractivity contribution in [3.05, 3.63) is 65.5 Å². The Morgan fingerprint density at radius 2 is 1.87 bits per heavy atom. The Kier molecular flexibility index (Phi) is 5.31. The van der Waals surface area contributed by atoms with Crippen molar-refractivity contribution >= 4 is 22.5 Å². The quantitative estimate of drug-likeness (QED) is 0.489. The van der Waals surface area contributed by atoms with Gasteiger partial charge in [0.25, 0.3) is 0 Å². The first-order valence-electron chi connectivity index (χ1n) is 9.93. The molecule has 2 aromatic carbocycles. The van der Waals surface area contributed by atoms with Gasteiger partial charge in [0.05, 0.1) is 7.11 Å². The fourth-order valence-corrected chi connectivity index (χ4v) is 3.95. The van der Waals surface area contributed by atoms with Crippen LogP contribution in [0.1, 0.15) is 23.4 Å². The van der Waals surface area contributed by atoms with Gasteiger partial charge >= 0.3 is 0 Å². The van der Waals surface area contributed by atoms with E-state index in [-0.39, 0.29) is 5.91 Å². The van der Waals surface area contributed by atoms with Gasteiger partial charge in [-0.05, 0) is 61.7 Å².